The first kappa shape index (κ1) is 15.0. The van der Waals surface area contributed by atoms with Crippen LogP contribution in [0.2, 0.25) is 0 Å². The molecule has 0 aliphatic heterocycles. The van der Waals surface area contributed by atoms with E-state index in [0.29, 0.717) is 16.9 Å². The highest BCUT2D eigenvalue weighted by molar-refractivity contribution is 6.29. The molecule has 1 heterocycles. The van der Waals surface area contributed by atoms with Crippen LogP contribution in [-0.4, -0.2) is 30.1 Å². The molecule has 0 aliphatic rings. The minimum absolute atomic E-state index is 0.169. The summed E-state index contributed by atoms with van der Waals surface area (Å²) in [5.41, 5.74) is 7.66. The summed E-state index contributed by atoms with van der Waals surface area (Å²) in [5, 5.41) is 9.68. The van der Waals surface area contributed by atoms with Crippen molar-refractivity contribution in [3.8, 4) is 5.88 Å². The molecule has 0 saturated heterocycles. The zero-order valence-corrected chi connectivity index (χ0v) is 11.4. The Labute approximate surface area is 116 Å². The first-order valence-electron chi connectivity index (χ1n) is 5.41. The van der Waals surface area contributed by atoms with Gasteiger partial charge in [-0.1, -0.05) is 0 Å². The van der Waals surface area contributed by atoms with Gasteiger partial charge in [-0.25, -0.2) is 4.98 Å². The molecule has 1 amide bonds. The van der Waals surface area contributed by atoms with Crippen LogP contribution in [-0.2, 0) is 4.79 Å². The number of hydrogen-bond donors (Lipinski definition) is 3. The van der Waals surface area contributed by atoms with Crippen molar-refractivity contribution in [1.82, 2.24) is 4.98 Å². The Hall–Kier alpha value is -2.08. The van der Waals surface area contributed by atoms with Crippen molar-refractivity contribution >= 4 is 35.1 Å². The average molecular weight is 283 g/mol. The average Bonchev–Trinajstić information content (AvgIpc) is 2.37. The summed E-state index contributed by atoms with van der Waals surface area (Å²) < 4.78 is 5.16. The number of nitrogens with one attached hydrogen (secondary N) is 2. The molecule has 19 heavy (non-hydrogen) atoms. The van der Waals surface area contributed by atoms with E-state index < -0.39 is 0 Å². The van der Waals surface area contributed by atoms with Crippen LogP contribution >= 0.6 is 11.6 Å². The lowest BCUT2D eigenvalue weighted by molar-refractivity contribution is -0.113. The van der Waals surface area contributed by atoms with Crippen LogP contribution in [0.5, 0.6) is 5.88 Å². The van der Waals surface area contributed by atoms with E-state index in [2.05, 4.69) is 10.3 Å². The highest BCUT2D eigenvalue weighted by Gasteiger charge is 2.16. The molecule has 7 heteroatoms. The van der Waals surface area contributed by atoms with Crippen LogP contribution < -0.4 is 15.8 Å². The summed E-state index contributed by atoms with van der Waals surface area (Å²) in [6.07, 6.45) is 2.42. The number of hydrogen-bond acceptors (Lipinski definition) is 5. The number of anilines is 1. The molecule has 0 aliphatic carbocycles. The lowest BCUT2D eigenvalue weighted by Crippen LogP contribution is -2.16. The fraction of sp³-hybridized carbons (Fsp3) is 0.250. The zero-order valence-electron chi connectivity index (χ0n) is 10.7. The quantitative estimate of drug-likeness (QED) is 0.563. The van der Waals surface area contributed by atoms with Gasteiger partial charge in [0.1, 0.15) is 5.88 Å². The van der Waals surface area contributed by atoms with E-state index in [0.717, 1.165) is 6.21 Å². The van der Waals surface area contributed by atoms with Gasteiger partial charge in [-0.2, -0.15) is 0 Å². The van der Waals surface area contributed by atoms with Gasteiger partial charge in [-0.05, 0) is 19.1 Å². The Morgan fingerprint density at radius 1 is 1.68 bits per heavy atom. The SMILES string of the molecule is COc1nc(C)cc(NC(=O)CCl)c1/C(N)=C/C=N. The number of methoxy groups -OCH3 is 1. The Balaban J connectivity index is 3.41. The monoisotopic (exact) mass is 282 g/mol. The van der Waals surface area contributed by atoms with E-state index in [9.17, 15) is 4.79 Å². The third kappa shape index (κ3) is 3.69. The number of pyridine rings is 1. The van der Waals surface area contributed by atoms with Gasteiger partial charge in [0, 0.05) is 17.6 Å². The summed E-state index contributed by atoms with van der Waals surface area (Å²) in [7, 11) is 1.45. The molecule has 1 rings (SSSR count). The van der Waals surface area contributed by atoms with E-state index in [1.807, 2.05) is 0 Å². The third-order valence-electron chi connectivity index (χ3n) is 2.25. The predicted octanol–water partition coefficient (Wildman–Crippen LogP) is 1.53. The molecule has 0 radical (unpaired) electrons. The number of halogens is 1. The molecule has 0 spiro atoms. The molecule has 0 saturated carbocycles. The van der Waals surface area contributed by atoms with Crippen molar-refractivity contribution in [3.63, 3.8) is 0 Å². The number of alkyl halides is 1. The van der Waals surface area contributed by atoms with Crippen molar-refractivity contribution in [2.24, 2.45) is 5.73 Å². The zero-order chi connectivity index (χ0) is 14.4. The van der Waals surface area contributed by atoms with Gasteiger partial charge in [0.05, 0.1) is 18.4 Å². The third-order valence-corrected chi connectivity index (χ3v) is 2.50. The molecular formula is C12H15ClN4O2. The molecule has 0 unspecified atom stereocenters. The van der Waals surface area contributed by atoms with Crippen molar-refractivity contribution in [1.29, 1.82) is 5.41 Å². The summed E-state index contributed by atoms with van der Waals surface area (Å²) in [5.74, 6) is -0.254. The second-order valence-electron chi connectivity index (χ2n) is 3.67. The first-order valence-corrected chi connectivity index (χ1v) is 5.95. The van der Waals surface area contributed by atoms with E-state index in [4.69, 9.17) is 27.5 Å². The molecular weight excluding hydrogens is 268 g/mol. The van der Waals surface area contributed by atoms with Crippen LogP contribution in [0.25, 0.3) is 5.70 Å². The van der Waals surface area contributed by atoms with E-state index in [1.54, 1.807) is 13.0 Å². The maximum atomic E-state index is 11.4. The van der Waals surface area contributed by atoms with Gasteiger partial charge in [-0.15, -0.1) is 11.6 Å². The van der Waals surface area contributed by atoms with Crippen LogP contribution in [0.3, 0.4) is 0 Å². The standard InChI is InChI=1S/C12H15ClN4O2/c1-7-5-9(17-10(18)6-13)11(8(15)3-4-14)12(16-7)19-2/h3-5,14H,6,15H2,1-2H3,(H,16,17,18)/b8-3-,14-4?. The molecule has 1 aromatic rings. The number of carbonyl (C=O) groups excluding carboxylic acids is 1. The molecule has 1 aromatic heterocycles. The summed E-state index contributed by atoms with van der Waals surface area (Å²) >= 11 is 5.47. The second-order valence-corrected chi connectivity index (χ2v) is 3.93. The molecule has 4 N–H and O–H groups in total. The largest absolute Gasteiger partial charge is 0.480 e. The molecule has 0 fully saturated rings. The number of aryl methyl sites for hydroxylation is 1. The van der Waals surface area contributed by atoms with Crippen LogP contribution in [0.15, 0.2) is 12.1 Å². The number of amides is 1. The highest BCUT2D eigenvalue weighted by Crippen LogP contribution is 2.30. The van der Waals surface area contributed by atoms with Gasteiger partial charge >= 0.3 is 0 Å². The minimum Gasteiger partial charge on any atom is -0.480 e. The maximum Gasteiger partial charge on any atom is 0.239 e. The number of aromatic nitrogens is 1. The molecule has 6 nitrogen and oxygen atoms in total. The van der Waals surface area contributed by atoms with Crippen LogP contribution in [0.4, 0.5) is 5.69 Å². The Kier molecular flexibility index (Phi) is 5.32. The van der Waals surface area contributed by atoms with Crippen molar-refractivity contribution in [3.05, 3.63) is 23.4 Å². The van der Waals surface area contributed by atoms with Crippen molar-refractivity contribution in [2.45, 2.75) is 6.92 Å². The number of carbonyl (C=O) groups is 1. The maximum absolute atomic E-state index is 11.4. The number of ether oxygens (including phenoxy) is 1. The number of nitrogens with zero attached hydrogens (tertiary/aromatic N) is 1. The number of nitrogens with two attached hydrogens (primary N) is 1. The highest BCUT2D eigenvalue weighted by atomic mass is 35.5. The Morgan fingerprint density at radius 2 is 2.37 bits per heavy atom. The van der Waals surface area contributed by atoms with Gasteiger partial charge < -0.3 is 21.2 Å². The van der Waals surface area contributed by atoms with Gasteiger partial charge in [0.15, 0.2) is 0 Å². The predicted molar refractivity (Wildman–Crippen MR) is 75.8 cm³/mol. The van der Waals surface area contributed by atoms with Crippen LogP contribution in [0, 0.1) is 12.3 Å². The molecule has 102 valence electrons. The van der Waals surface area contributed by atoms with Gasteiger partial charge in [0.25, 0.3) is 0 Å². The fourth-order valence-electron chi connectivity index (χ4n) is 1.53. The Morgan fingerprint density at radius 3 is 2.89 bits per heavy atom. The van der Waals surface area contributed by atoms with Gasteiger partial charge in [0.2, 0.25) is 11.8 Å². The summed E-state index contributed by atoms with van der Waals surface area (Å²) in [6.45, 7) is 1.76. The first-order chi connectivity index (χ1) is 9.03. The molecule has 0 atom stereocenters. The molecule has 0 aromatic carbocycles. The fourth-order valence-corrected chi connectivity index (χ4v) is 1.59. The number of allylic oxidation sites excluding steroid dienone is 1. The van der Waals surface area contributed by atoms with Crippen molar-refractivity contribution < 1.29 is 9.53 Å². The minimum atomic E-state index is -0.363. The van der Waals surface area contributed by atoms with E-state index in [1.165, 1.54) is 13.2 Å². The lowest BCUT2D eigenvalue weighted by atomic mass is 10.1. The number of rotatable bonds is 5. The van der Waals surface area contributed by atoms with E-state index >= 15 is 0 Å². The normalized spacial score (nSPS) is 11.0. The van der Waals surface area contributed by atoms with Gasteiger partial charge in [-0.3, -0.25) is 4.79 Å². The smallest absolute Gasteiger partial charge is 0.239 e. The topological polar surface area (TPSA) is 101 Å². The second kappa shape index (κ2) is 6.75. The van der Waals surface area contributed by atoms with E-state index in [-0.39, 0.29) is 23.4 Å². The lowest BCUT2D eigenvalue weighted by Gasteiger charge is -2.14. The Bertz CT molecular complexity index is 529. The summed E-state index contributed by atoms with van der Waals surface area (Å²) in [4.78, 5) is 15.6. The van der Waals surface area contributed by atoms with Crippen LogP contribution in [0.1, 0.15) is 11.3 Å². The summed E-state index contributed by atoms with van der Waals surface area (Å²) in [6, 6.07) is 1.66. The molecule has 0 bridgehead atoms. The van der Waals surface area contributed by atoms with Crippen molar-refractivity contribution in [2.75, 3.05) is 18.3 Å².